The average molecular weight is 199 g/mol. The highest BCUT2D eigenvalue weighted by Gasteiger charge is 2.18. The van der Waals surface area contributed by atoms with Gasteiger partial charge in [-0.05, 0) is 25.1 Å². The molecule has 2 heterocycles. The van der Waals surface area contributed by atoms with Crippen LogP contribution in [0.3, 0.4) is 0 Å². The summed E-state index contributed by atoms with van der Waals surface area (Å²) in [7, 11) is 1.88. The first kappa shape index (κ1) is 8.90. The van der Waals surface area contributed by atoms with E-state index in [4.69, 9.17) is 17.0 Å². The van der Waals surface area contributed by atoms with Crippen LogP contribution in [0.1, 0.15) is 24.6 Å². The topological polar surface area (TPSA) is 42.8 Å². The van der Waals surface area contributed by atoms with E-state index in [0.29, 0.717) is 10.7 Å². The maximum atomic E-state index is 5.38. The normalized spacial score (nSPS) is 23.3. The predicted octanol–water partition coefficient (Wildman–Crippen LogP) is 1.37. The van der Waals surface area contributed by atoms with Gasteiger partial charge in [-0.1, -0.05) is 0 Å². The summed E-state index contributed by atoms with van der Waals surface area (Å²) in [4.78, 5) is 4.28. The number of hydrogen-bond acceptors (Lipinski definition) is 3. The lowest BCUT2D eigenvalue weighted by atomic mass is 10.0. The van der Waals surface area contributed by atoms with Crippen molar-refractivity contribution in [2.45, 2.75) is 18.8 Å². The van der Waals surface area contributed by atoms with E-state index in [1.54, 1.807) is 4.68 Å². The molecule has 1 aliphatic rings. The monoisotopic (exact) mass is 199 g/mol. The van der Waals surface area contributed by atoms with Crippen molar-refractivity contribution in [3.05, 3.63) is 10.6 Å². The molecule has 0 bridgehead atoms. The number of rotatable bonds is 1. The number of nitrogens with one attached hydrogen (secondary N) is 1. The molecule has 1 aromatic rings. The van der Waals surface area contributed by atoms with Gasteiger partial charge in [0.15, 0.2) is 0 Å². The van der Waals surface area contributed by atoms with Crippen LogP contribution in [0.2, 0.25) is 0 Å². The second kappa shape index (κ2) is 3.59. The molecule has 1 atom stereocenters. The number of H-pyrrole nitrogens is 1. The minimum Gasteiger partial charge on any atom is -0.381 e. The van der Waals surface area contributed by atoms with Gasteiger partial charge in [0, 0.05) is 19.6 Å². The molecule has 1 saturated heterocycles. The largest absolute Gasteiger partial charge is 0.381 e. The Balaban J connectivity index is 2.19. The zero-order valence-corrected chi connectivity index (χ0v) is 8.43. The van der Waals surface area contributed by atoms with E-state index in [-0.39, 0.29) is 0 Å². The maximum absolute atomic E-state index is 5.38. The van der Waals surface area contributed by atoms with Crippen LogP contribution >= 0.6 is 12.2 Å². The molecule has 13 heavy (non-hydrogen) atoms. The molecule has 0 amide bonds. The van der Waals surface area contributed by atoms with E-state index in [0.717, 1.165) is 31.9 Å². The van der Waals surface area contributed by atoms with Gasteiger partial charge in [0.25, 0.3) is 0 Å². The Labute approximate surface area is 81.9 Å². The molecule has 0 aromatic carbocycles. The van der Waals surface area contributed by atoms with Crippen molar-refractivity contribution in [2.75, 3.05) is 13.2 Å². The van der Waals surface area contributed by atoms with Crippen LogP contribution in [0.4, 0.5) is 0 Å². The van der Waals surface area contributed by atoms with Gasteiger partial charge in [-0.3, -0.25) is 9.78 Å². The standard InChI is InChI=1S/C8H13N3OS/c1-11-8(13)9-7(10-11)6-3-2-4-12-5-6/h6H,2-5H2,1H3,(H,9,10,13). The second-order valence-electron chi connectivity index (χ2n) is 3.36. The number of hydrogen-bond donors (Lipinski definition) is 1. The lowest BCUT2D eigenvalue weighted by Gasteiger charge is -2.19. The van der Waals surface area contributed by atoms with Crippen molar-refractivity contribution in [3.8, 4) is 0 Å². The molecule has 1 aromatic heterocycles. The average Bonchev–Trinajstić information content (AvgIpc) is 2.49. The molecule has 72 valence electrons. The zero-order valence-electron chi connectivity index (χ0n) is 7.62. The Kier molecular flexibility index (Phi) is 2.46. The van der Waals surface area contributed by atoms with Crippen molar-refractivity contribution in [2.24, 2.45) is 7.05 Å². The Hall–Kier alpha value is -0.680. The molecule has 4 nitrogen and oxygen atoms in total. The highest BCUT2D eigenvalue weighted by atomic mass is 32.1. The smallest absolute Gasteiger partial charge is 0.215 e. The van der Waals surface area contributed by atoms with Crippen LogP contribution in [0.25, 0.3) is 0 Å². The van der Waals surface area contributed by atoms with Crippen LogP contribution in [0, 0.1) is 4.77 Å². The van der Waals surface area contributed by atoms with Gasteiger partial charge in [-0.25, -0.2) is 4.98 Å². The fourth-order valence-electron chi connectivity index (χ4n) is 1.56. The van der Waals surface area contributed by atoms with E-state index >= 15 is 0 Å². The Morgan fingerprint density at radius 1 is 1.69 bits per heavy atom. The van der Waals surface area contributed by atoms with Crippen molar-refractivity contribution in [1.82, 2.24) is 14.8 Å². The fraction of sp³-hybridized carbons (Fsp3) is 0.750. The fourth-order valence-corrected chi connectivity index (χ4v) is 1.71. The number of aryl methyl sites for hydroxylation is 1. The summed E-state index contributed by atoms with van der Waals surface area (Å²) in [5.41, 5.74) is 0. The molecule has 0 saturated carbocycles. The number of aromatic nitrogens is 3. The van der Waals surface area contributed by atoms with Crippen molar-refractivity contribution >= 4 is 12.2 Å². The van der Waals surface area contributed by atoms with Crippen LogP contribution < -0.4 is 0 Å². The van der Waals surface area contributed by atoms with Gasteiger partial charge in [-0.2, -0.15) is 0 Å². The van der Waals surface area contributed by atoms with Crippen LogP contribution in [-0.2, 0) is 11.8 Å². The summed E-state index contributed by atoms with van der Waals surface area (Å²) in [5.74, 6) is 1.36. The van der Waals surface area contributed by atoms with Gasteiger partial charge >= 0.3 is 0 Å². The third kappa shape index (κ3) is 1.81. The molecular weight excluding hydrogens is 186 g/mol. The van der Waals surface area contributed by atoms with Crippen LogP contribution in [0.15, 0.2) is 0 Å². The van der Waals surface area contributed by atoms with Gasteiger partial charge in [0.05, 0.1) is 6.61 Å². The summed E-state index contributed by atoms with van der Waals surface area (Å²) < 4.78 is 7.76. The molecule has 0 aliphatic carbocycles. The highest BCUT2D eigenvalue weighted by molar-refractivity contribution is 7.71. The quantitative estimate of drug-likeness (QED) is 0.695. The third-order valence-corrected chi connectivity index (χ3v) is 2.70. The number of aromatic amines is 1. The van der Waals surface area contributed by atoms with Crippen molar-refractivity contribution < 1.29 is 4.74 Å². The number of nitrogens with zero attached hydrogens (tertiary/aromatic N) is 2. The van der Waals surface area contributed by atoms with E-state index in [1.807, 2.05) is 7.05 Å². The Bertz CT molecular complexity index is 337. The Morgan fingerprint density at radius 2 is 2.54 bits per heavy atom. The molecule has 1 N–H and O–H groups in total. The van der Waals surface area contributed by atoms with E-state index in [2.05, 4.69) is 10.1 Å². The van der Waals surface area contributed by atoms with Crippen LogP contribution in [0.5, 0.6) is 0 Å². The summed E-state index contributed by atoms with van der Waals surface area (Å²) in [5, 5.41) is 3.14. The minimum absolute atomic E-state index is 0.400. The molecule has 0 spiro atoms. The first-order valence-corrected chi connectivity index (χ1v) is 4.89. The predicted molar refractivity (Wildman–Crippen MR) is 51.2 cm³/mol. The first-order valence-electron chi connectivity index (χ1n) is 4.48. The SMILES string of the molecule is Cn1[nH]c(C2CCCOC2)nc1=S. The van der Waals surface area contributed by atoms with Gasteiger partial charge in [0.1, 0.15) is 5.82 Å². The summed E-state index contributed by atoms with van der Waals surface area (Å²) in [6, 6.07) is 0. The molecule has 1 aliphatic heterocycles. The summed E-state index contributed by atoms with van der Waals surface area (Å²) >= 11 is 5.02. The Morgan fingerprint density at radius 3 is 3.08 bits per heavy atom. The maximum Gasteiger partial charge on any atom is 0.215 e. The molecule has 5 heteroatoms. The van der Waals surface area contributed by atoms with Gasteiger partial charge in [0.2, 0.25) is 4.77 Å². The molecule has 2 rings (SSSR count). The molecule has 1 fully saturated rings. The summed E-state index contributed by atoms with van der Waals surface area (Å²) in [6.07, 6.45) is 2.25. The van der Waals surface area contributed by atoms with Crippen LogP contribution in [-0.4, -0.2) is 28.0 Å². The highest BCUT2D eigenvalue weighted by Crippen LogP contribution is 2.21. The first-order chi connectivity index (χ1) is 6.27. The van der Waals surface area contributed by atoms with Gasteiger partial charge in [-0.15, -0.1) is 0 Å². The van der Waals surface area contributed by atoms with E-state index < -0.39 is 0 Å². The molecular formula is C8H13N3OS. The van der Waals surface area contributed by atoms with E-state index in [1.165, 1.54) is 0 Å². The summed E-state index contributed by atoms with van der Waals surface area (Å²) in [6.45, 7) is 1.65. The van der Waals surface area contributed by atoms with Crippen molar-refractivity contribution in [3.63, 3.8) is 0 Å². The van der Waals surface area contributed by atoms with Gasteiger partial charge < -0.3 is 4.74 Å². The second-order valence-corrected chi connectivity index (χ2v) is 3.73. The lowest BCUT2D eigenvalue weighted by molar-refractivity contribution is 0.0780. The zero-order chi connectivity index (χ0) is 9.26. The minimum atomic E-state index is 0.400. The van der Waals surface area contributed by atoms with Crippen molar-refractivity contribution in [1.29, 1.82) is 0 Å². The molecule has 1 unspecified atom stereocenters. The lowest BCUT2D eigenvalue weighted by Crippen LogP contribution is -2.16. The van der Waals surface area contributed by atoms with E-state index in [9.17, 15) is 0 Å². The number of ether oxygens (including phenoxy) is 1. The molecule has 0 radical (unpaired) electrons. The third-order valence-electron chi connectivity index (χ3n) is 2.33.